The predicted molar refractivity (Wildman–Crippen MR) is 89.6 cm³/mol. The van der Waals surface area contributed by atoms with Crippen LogP contribution in [-0.2, 0) is 17.1 Å². The van der Waals surface area contributed by atoms with Gasteiger partial charge in [0.05, 0.1) is 6.20 Å². The normalized spacial score (nSPS) is 15.7. The van der Waals surface area contributed by atoms with Crippen molar-refractivity contribution >= 4 is 21.5 Å². The second-order valence-corrected chi connectivity index (χ2v) is 7.95. The predicted octanol–water partition coefficient (Wildman–Crippen LogP) is -0.419. The highest BCUT2D eigenvalue weighted by Gasteiger charge is 2.29. The number of fused-ring (bicyclic) bond motifs is 1. The van der Waals surface area contributed by atoms with Gasteiger partial charge in [-0.2, -0.15) is 9.61 Å². The molecule has 0 aromatic carbocycles. The van der Waals surface area contributed by atoms with Crippen LogP contribution >= 0.6 is 0 Å². The van der Waals surface area contributed by atoms with E-state index in [1.807, 2.05) is 19.1 Å². The summed E-state index contributed by atoms with van der Waals surface area (Å²) in [6.07, 6.45) is 2.83. The summed E-state index contributed by atoms with van der Waals surface area (Å²) < 4.78 is 30.2. The molecule has 0 bridgehead atoms. The maximum Gasteiger partial charge on any atom is 0.243 e. The fourth-order valence-electron chi connectivity index (χ4n) is 2.79. The number of aryl methyl sites for hydroxylation is 2. The summed E-state index contributed by atoms with van der Waals surface area (Å²) in [5.74, 6) is 1.81. The lowest BCUT2D eigenvalue weighted by atomic mass is 10.0. The molecule has 132 valence electrons. The number of hydrogen-bond acceptors (Lipinski definition) is 7. The molecule has 0 radical (unpaired) electrons. The van der Waals surface area contributed by atoms with Gasteiger partial charge in [-0.3, -0.25) is 4.68 Å². The third-order valence-corrected chi connectivity index (χ3v) is 5.62. The first-order valence-corrected chi connectivity index (χ1v) is 9.33. The van der Waals surface area contributed by atoms with Crippen LogP contribution in [0, 0.1) is 12.8 Å². The Hall–Kier alpha value is -2.53. The summed E-state index contributed by atoms with van der Waals surface area (Å²) in [5, 5.41) is 16.4. The smallest absolute Gasteiger partial charge is 0.243 e. The van der Waals surface area contributed by atoms with E-state index in [1.165, 1.54) is 17.1 Å². The van der Waals surface area contributed by atoms with Gasteiger partial charge < -0.3 is 4.90 Å². The molecule has 0 aliphatic carbocycles. The Labute approximate surface area is 144 Å². The molecule has 0 unspecified atom stereocenters. The van der Waals surface area contributed by atoms with Crippen molar-refractivity contribution in [1.82, 2.24) is 34.3 Å². The number of anilines is 1. The molecule has 1 saturated heterocycles. The van der Waals surface area contributed by atoms with E-state index in [0.29, 0.717) is 12.2 Å². The molecule has 3 aromatic rings. The fourth-order valence-corrected chi connectivity index (χ4v) is 3.89. The van der Waals surface area contributed by atoms with Crippen LogP contribution in [0.4, 0.5) is 5.82 Å². The van der Waals surface area contributed by atoms with Gasteiger partial charge in [-0.1, -0.05) is 0 Å². The van der Waals surface area contributed by atoms with Gasteiger partial charge in [0.1, 0.15) is 10.7 Å². The van der Waals surface area contributed by atoms with Crippen LogP contribution < -0.4 is 9.62 Å². The Bertz CT molecular complexity index is 1020. The van der Waals surface area contributed by atoms with E-state index in [2.05, 4.69) is 30.0 Å². The molecule has 1 aliphatic rings. The number of rotatable bonds is 5. The first-order valence-electron chi connectivity index (χ1n) is 7.85. The van der Waals surface area contributed by atoms with Crippen molar-refractivity contribution in [2.75, 3.05) is 24.5 Å². The zero-order chi connectivity index (χ0) is 17.6. The van der Waals surface area contributed by atoms with Crippen molar-refractivity contribution in [3.05, 3.63) is 30.4 Å². The van der Waals surface area contributed by atoms with Crippen molar-refractivity contribution in [2.24, 2.45) is 13.0 Å². The maximum absolute atomic E-state index is 12.2. The summed E-state index contributed by atoms with van der Waals surface area (Å²) in [7, 11) is -1.82. The number of sulfonamides is 1. The van der Waals surface area contributed by atoms with Gasteiger partial charge in [0.15, 0.2) is 11.5 Å². The molecule has 10 nitrogen and oxygen atoms in total. The minimum absolute atomic E-state index is 0.182. The molecule has 4 heterocycles. The van der Waals surface area contributed by atoms with E-state index in [-0.39, 0.29) is 10.8 Å². The molecular weight excluding hydrogens is 344 g/mol. The summed E-state index contributed by atoms with van der Waals surface area (Å²) in [4.78, 5) is 2.28. The number of nitrogens with one attached hydrogen (secondary N) is 1. The Kier molecular flexibility index (Phi) is 3.69. The van der Waals surface area contributed by atoms with Crippen LogP contribution in [0.3, 0.4) is 0 Å². The lowest BCUT2D eigenvalue weighted by Gasteiger charge is -2.40. The number of hydrogen-bond donors (Lipinski definition) is 1. The average Bonchev–Trinajstić information content (AvgIpc) is 3.13. The van der Waals surface area contributed by atoms with Crippen molar-refractivity contribution in [2.45, 2.75) is 11.8 Å². The highest BCUT2D eigenvalue weighted by atomic mass is 32.2. The standard InChI is InChI=1S/C14H18N8O2S/c1-10-17-18-13-3-4-14(19-22(10)13)21-7-11(8-21)5-16-25(23,24)12-6-15-20(2)9-12/h3-4,6,9,11,16H,5,7-8H2,1-2H3. The second kappa shape index (κ2) is 5.77. The van der Waals surface area contributed by atoms with Gasteiger partial charge in [0.25, 0.3) is 0 Å². The highest BCUT2D eigenvalue weighted by molar-refractivity contribution is 7.89. The van der Waals surface area contributed by atoms with Gasteiger partial charge in [0, 0.05) is 38.8 Å². The van der Waals surface area contributed by atoms with E-state index in [9.17, 15) is 8.42 Å². The molecule has 1 aliphatic heterocycles. The van der Waals surface area contributed by atoms with Gasteiger partial charge in [-0.05, 0) is 19.1 Å². The van der Waals surface area contributed by atoms with E-state index in [4.69, 9.17) is 0 Å². The van der Waals surface area contributed by atoms with Crippen LogP contribution in [0.15, 0.2) is 29.4 Å². The number of aromatic nitrogens is 6. The van der Waals surface area contributed by atoms with Crippen LogP contribution in [0.25, 0.3) is 5.65 Å². The lowest BCUT2D eigenvalue weighted by molar-refractivity contribution is 0.401. The Morgan fingerprint density at radius 2 is 2.08 bits per heavy atom. The first-order chi connectivity index (χ1) is 11.9. The summed E-state index contributed by atoms with van der Waals surface area (Å²) >= 11 is 0. The summed E-state index contributed by atoms with van der Waals surface area (Å²) in [5.41, 5.74) is 0.711. The molecule has 0 atom stereocenters. The highest BCUT2D eigenvalue weighted by Crippen LogP contribution is 2.23. The topological polar surface area (TPSA) is 110 Å². The third kappa shape index (κ3) is 2.96. The quantitative estimate of drug-likeness (QED) is 0.656. The second-order valence-electron chi connectivity index (χ2n) is 6.18. The molecule has 4 rings (SSSR count). The molecular formula is C14H18N8O2S. The zero-order valence-corrected chi connectivity index (χ0v) is 14.7. The van der Waals surface area contributed by atoms with E-state index in [1.54, 1.807) is 11.6 Å². The van der Waals surface area contributed by atoms with Crippen LogP contribution in [0.2, 0.25) is 0 Å². The Morgan fingerprint density at radius 1 is 1.28 bits per heavy atom. The Balaban J connectivity index is 1.36. The average molecular weight is 362 g/mol. The van der Waals surface area contributed by atoms with E-state index in [0.717, 1.165) is 24.7 Å². The molecule has 3 aromatic heterocycles. The fraction of sp³-hybridized carbons (Fsp3) is 0.429. The van der Waals surface area contributed by atoms with Gasteiger partial charge >= 0.3 is 0 Å². The van der Waals surface area contributed by atoms with Crippen molar-refractivity contribution < 1.29 is 8.42 Å². The monoisotopic (exact) mass is 362 g/mol. The molecule has 0 spiro atoms. The van der Waals surface area contributed by atoms with Crippen LogP contribution in [0.5, 0.6) is 0 Å². The minimum Gasteiger partial charge on any atom is -0.354 e. The lowest BCUT2D eigenvalue weighted by Crippen LogP contribution is -2.51. The molecule has 0 saturated carbocycles. The minimum atomic E-state index is -3.51. The maximum atomic E-state index is 12.2. The van der Waals surface area contributed by atoms with Crippen molar-refractivity contribution in [1.29, 1.82) is 0 Å². The zero-order valence-electron chi connectivity index (χ0n) is 13.9. The van der Waals surface area contributed by atoms with Gasteiger partial charge in [-0.15, -0.1) is 15.3 Å². The van der Waals surface area contributed by atoms with E-state index < -0.39 is 10.0 Å². The molecule has 0 amide bonds. The van der Waals surface area contributed by atoms with Gasteiger partial charge in [0.2, 0.25) is 10.0 Å². The van der Waals surface area contributed by atoms with Crippen LogP contribution in [0.1, 0.15) is 5.82 Å². The molecule has 1 fully saturated rings. The van der Waals surface area contributed by atoms with Crippen molar-refractivity contribution in [3.8, 4) is 0 Å². The molecule has 1 N–H and O–H groups in total. The summed E-state index contributed by atoms with van der Waals surface area (Å²) in [6, 6.07) is 3.78. The molecule has 25 heavy (non-hydrogen) atoms. The third-order valence-electron chi connectivity index (χ3n) is 4.24. The SMILES string of the molecule is Cc1nnc2ccc(N3CC(CNS(=O)(=O)c4cnn(C)c4)C3)nn12. The van der Waals surface area contributed by atoms with Gasteiger partial charge in [-0.25, -0.2) is 13.1 Å². The summed E-state index contributed by atoms with van der Waals surface area (Å²) in [6.45, 7) is 3.73. The molecule has 11 heteroatoms. The number of nitrogens with zero attached hydrogens (tertiary/aromatic N) is 7. The first kappa shape index (κ1) is 16.0. The largest absolute Gasteiger partial charge is 0.354 e. The van der Waals surface area contributed by atoms with Crippen LogP contribution in [-0.4, -0.2) is 57.6 Å². The van der Waals surface area contributed by atoms with Crippen molar-refractivity contribution in [3.63, 3.8) is 0 Å². The van der Waals surface area contributed by atoms with E-state index >= 15 is 0 Å². The Morgan fingerprint density at radius 3 is 2.80 bits per heavy atom.